The molecule has 1 N–H and O–H groups in total. The van der Waals surface area contributed by atoms with Crippen molar-refractivity contribution in [3.05, 3.63) is 80.2 Å². The van der Waals surface area contributed by atoms with E-state index in [0.29, 0.717) is 55.2 Å². The Bertz CT molecular complexity index is 1830. The molecule has 2 aromatic heterocycles. The third-order valence-electron chi connectivity index (χ3n) is 6.01. The lowest BCUT2D eigenvalue weighted by atomic mass is 10.2. The summed E-state index contributed by atoms with van der Waals surface area (Å²) in [5, 5.41) is 14.9. The van der Waals surface area contributed by atoms with Gasteiger partial charge in [-0.3, -0.25) is 4.79 Å². The molecule has 0 spiro atoms. The molecule has 0 amide bonds. The molecule has 0 bridgehead atoms. The Balaban J connectivity index is 1.64. The number of fused-ring (bicyclic) bond motifs is 2. The SMILES string of the molecule is CCOc1cc(C=Nn2c(-c3cc4c(OC)cccc4o3)nc3ccccc3c2=O)cc(I)c1O[C@@H](C)C(=O)O. The van der Waals surface area contributed by atoms with Gasteiger partial charge in [-0.1, -0.05) is 18.2 Å². The molecular weight excluding hydrogens is 629 g/mol. The van der Waals surface area contributed by atoms with E-state index in [1.807, 2.05) is 41.6 Å². The number of rotatable bonds is 9. The molecule has 0 unspecified atom stereocenters. The highest BCUT2D eigenvalue weighted by atomic mass is 127. The van der Waals surface area contributed by atoms with Crippen LogP contribution >= 0.6 is 22.6 Å². The van der Waals surface area contributed by atoms with Crippen LogP contribution in [0.25, 0.3) is 33.5 Å². The molecule has 0 saturated carbocycles. The fraction of sp³-hybridized carbons (Fsp3) is 0.172. The minimum absolute atomic E-state index is 0.216. The van der Waals surface area contributed by atoms with Crippen LogP contribution in [0.5, 0.6) is 17.2 Å². The van der Waals surface area contributed by atoms with Crippen LogP contribution in [0.1, 0.15) is 19.4 Å². The minimum Gasteiger partial charge on any atom is -0.496 e. The first-order valence-corrected chi connectivity index (χ1v) is 13.4. The number of hydrogen-bond donors (Lipinski definition) is 1. The van der Waals surface area contributed by atoms with E-state index in [1.165, 1.54) is 17.8 Å². The molecule has 0 aliphatic heterocycles. The molecule has 0 radical (unpaired) electrons. The third-order valence-corrected chi connectivity index (χ3v) is 6.81. The number of aliphatic carboxylic acids is 1. The molecule has 3 aromatic carbocycles. The number of hydrogen-bond acceptors (Lipinski definition) is 8. The van der Waals surface area contributed by atoms with Gasteiger partial charge in [-0.25, -0.2) is 9.78 Å². The molecule has 0 fully saturated rings. The van der Waals surface area contributed by atoms with Crippen LogP contribution in [-0.4, -0.2) is 46.8 Å². The number of methoxy groups -OCH3 is 1. The average molecular weight is 653 g/mol. The number of carboxylic acid groups (broad SMARTS) is 1. The van der Waals surface area contributed by atoms with Crippen molar-refractivity contribution in [3.8, 4) is 28.8 Å². The Morgan fingerprint density at radius 2 is 1.95 bits per heavy atom. The summed E-state index contributed by atoms with van der Waals surface area (Å²) in [5.41, 5.74) is 1.30. The quantitative estimate of drug-likeness (QED) is 0.162. The summed E-state index contributed by atoms with van der Waals surface area (Å²) in [6, 6.07) is 17.6. The van der Waals surface area contributed by atoms with Gasteiger partial charge in [0.2, 0.25) is 5.82 Å². The van der Waals surface area contributed by atoms with E-state index in [0.717, 1.165) is 5.39 Å². The largest absolute Gasteiger partial charge is 0.496 e. The summed E-state index contributed by atoms with van der Waals surface area (Å²) >= 11 is 2.04. The topological polar surface area (TPSA) is 125 Å². The van der Waals surface area contributed by atoms with Crippen molar-refractivity contribution in [2.24, 2.45) is 5.10 Å². The zero-order valence-corrected chi connectivity index (χ0v) is 23.9. The van der Waals surface area contributed by atoms with Crippen LogP contribution in [0.4, 0.5) is 0 Å². The van der Waals surface area contributed by atoms with E-state index < -0.39 is 12.1 Å². The molecule has 40 heavy (non-hydrogen) atoms. The van der Waals surface area contributed by atoms with Crippen molar-refractivity contribution in [2.75, 3.05) is 13.7 Å². The van der Waals surface area contributed by atoms with Gasteiger partial charge in [0, 0.05) is 0 Å². The molecule has 1 atom stereocenters. The lowest BCUT2D eigenvalue weighted by Crippen LogP contribution is -2.23. The van der Waals surface area contributed by atoms with E-state index in [-0.39, 0.29) is 11.4 Å². The second-order valence-electron chi connectivity index (χ2n) is 8.66. The minimum atomic E-state index is -1.09. The summed E-state index contributed by atoms with van der Waals surface area (Å²) in [6.45, 7) is 3.59. The summed E-state index contributed by atoms with van der Waals surface area (Å²) in [7, 11) is 1.58. The zero-order valence-electron chi connectivity index (χ0n) is 21.8. The summed E-state index contributed by atoms with van der Waals surface area (Å²) in [5.74, 6) is 0.767. The first-order valence-electron chi connectivity index (χ1n) is 12.3. The predicted octanol–water partition coefficient (Wildman–Crippen LogP) is 5.56. The number of aromatic nitrogens is 2. The second kappa shape index (κ2) is 11.4. The molecule has 5 rings (SSSR count). The summed E-state index contributed by atoms with van der Waals surface area (Å²) in [4.78, 5) is 29.6. The van der Waals surface area contributed by atoms with Gasteiger partial charge in [0.1, 0.15) is 11.3 Å². The molecule has 204 valence electrons. The van der Waals surface area contributed by atoms with Crippen molar-refractivity contribution in [1.82, 2.24) is 9.66 Å². The van der Waals surface area contributed by atoms with Gasteiger partial charge < -0.3 is 23.7 Å². The number of halogens is 1. The highest BCUT2D eigenvalue weighted by Crippen LogP contribution is 2.35. The fourth-order valence-corrected chi connectivity index (χ4v) is 4.86. The Morgan fingerprint density at radius 3 is 2.70 bits per heavy atom. The van der Waals surface area contributed by atoms with Crippen LogP contribution in [-0.2, 0) is 4.79 Å². The molecular formula is C29H24IN3O7. The third kappa shape index (κ3) is 5.24. The zero-order chi connectivity index (χ0) is 28.4. The second-order valence-corrected chi connectivity index (χ2v) is 9.82. The molecule has 5 aromatic rings. The van der Waals surface area contributed by atoms with E-state index >= 15 is 0 Å². The van der Waals surface area contributed by atoms with E-state index in [9.17, 15) is 14.7 Å². The smallest absolute Gasteiger partial charge is 0.344 e. The van der Waals surface area contributed by atoms with Crippen molar-refractivity contribution >= 4 is 56.6 Å². The fourth-order valence-electron chi connectivity index (χ4n) is 4.10. The Hall–Kier alpha value is -4.39. The van der Waals surface area contributed by atoms with Gasteiger partial charge in [-0.15, -0.1) is 0 Å². The first-order chi connectivity index (χ1) is 19.3. The maximum atomic E-state index is 13.6. The average Bonchev–Trinajstić information content (AvgIpc) is 3.39. The van der Waals surface area contributed by atoms with E-state index in [1.54, 1.807) is 55.6 Å². The van der Waals surface area contributed by atoms with E-state index in [4.69, 9.17) is 23.6 Å². The number of furan rings is 1. The Morgan fingerprint density at radius 1 is 1.15 bits per heavy atom. The summed E-state index contributed by atoms with van der Waals surface area (Å²) in [6.07, 6.45) is 0.430. The first kappa shape index (κ1) is 27.2. The van der Waals surface area contributed by atoms with Crippen molar-refractivity contribution in [2.45, 2.75) is 20.0 Å². The molecule has 0 aliphatic rings. The number of benzene rings is 3. The normalized spacial score (nSPS) is 12.2. The van der Waals surface area contributed by atoms with Gasteiger partial charge in [0.15, 0.2) is 23.4 Å². The monoisotopic (exact) mass is 653 g/mol. The maximum absolute atomic E-state index is 13.6. The van der Waals surface area contributed by atoms with Gasteiger partial charge >= 0.3 is 5.97 Å². The van der Waals surface area contributed by atoms with Crippen LogP contribution in [0, 0.1) is 3.57 Å². The van der Waals surface area contributed by atoms with Gasteiger partial charge in [0.25, 0.3) is 5.56 Å². The van der Waals surface area contributed by atoms with Crippen molar-refractivity contribution < 1.29 is 28.5 Å². The number of carbonyl (C=O) groups is 1. The lowest BCUT2D eigenvalue weighted by molar-refractivity contribution is -0.144. The molecule has 0 saturated heterocycles. The molecule has 0 aliphatic carbocycles. The Labute approximate surface area is 241 Å². The number of para-hydroxylation sites is 1. The highest BCUT2D eigenvalue weighted by molar-refractivity contribution is 14.1. The van der Waals surface area contributed by atoms with Gasteiger partial charge in [0.05, 0.1) is 39.8 Å². The maximum Gasteiger partial charge on any atom is 0.344 e. The lowest BCUT2D eigenvalue weighted by Gasteiger charge is -2.17. The standard InChI is InChI=1S/C29H24IN3O7/c1-4-38-24-13-17(12-20(30)26(24)39-16(2)29(35)36)15-31-33-27(32-21-9-6-5-8-18(21)28(33)34)25-14-19-22(37-3)10-7-11-23(19)40-25/h5-16H,4H2,1-3H3,(H,35,36)/t16-/m0/s1. The summed E-state index contributed by atoms with van der Waals surface area (Å²) < 4.78 is 24.7. The number of nitrogens with zero attached hydrogens (tertiary/aromatic N) is 3. The van der Waals surface area contributed by atoms with Crippen LogP contribution < -0.4 is 19.8 Å². The molecule has 11 heteroatoms. The molecule has 2 heterocycles. The highest BCUT2D eigenvalue weighted by Gasteiger charge is 2.20. The van der Waals surface area contributed by atoms with Crippen molar-refractivity contribution in [1.29, 1.82) is 0 Å². The van der Waals surface area contributed by atoms with Crippen LogP contribution in [0.15, 0.2) is 75.0 Å². The van der Waals surface area contributed by atoms with Gasteiger partial charge in [-0.05, 0) is 84.5 Å². The van der Waals surface area contributed by atoms with Crippen LogP contribution in [0.3, 0.4) is 0 Å². The molecule has 10 nitrogen and oxygen atoms in total. The Kier molecular flexibility index (Phi) is 7.74. The number of ether oxygens (including phenoxy) is 3. The van der Waals surface area contributed by atoms with E-state index in [2.05, 4.69) is 5.10 Å². The van der Waals surface area contributed by atoms with Crippen LogP contribution in [0.2, 0.25) is 0 Å². The number of carboxylic acids is 1. The predicted molar refractivity (Wildman–Crippen MR) is 159 cm³/mol. The van der Waals surface area contributed by atoms with Gasteiger partial charge in [-0.2, -0.15) is 9.78 Å². The van der Waals surface area contributed by atoms with Crippen molar-refractivity contribution in [3.63, 3.8) is 0 Å².